The molecule has 5 aromatic rings. The van der Waals surface area contributed by atoms with Crippen molar-refractivity contribution in [2.75, 3.05) is 74.0 Å². The summed E-state index contributed by atoms with van der Waals surface area (Å²) in [5.74, 6) is 1.02. The van der Waals surface area contributed by atoms with Gasteiger partial charge in [0.15, 0.2) is 11.5 Å². The summed E-state index contributed by atoms with van der Waals surface area (Å²) in [6, 6.07) is 21.3. The van der Waals surface area contributed by atoms with Gasteiger partial charge in [-0.05, 0) is 98.0 Å². The molecule has 3 N–H and O–H groups in total. The van der Waals surface area contributed by atoms with Crippen LogP contribution < -0.4 is 26.0 Å². The minimum absolute atomic E-state index is 0.174. The maximum absolute atomic E-state index is 13.5. The van der Waals surface area contributed by atoms with Gasteiger partial charge in [0.05, 0.1) is 18.2 Å². The second-order valence-electron chi connectivity index (χ2n) is 18.1. The van der Waals surface area contributed by atoms with E-state index in [0.717, 1.165) is 81.5 Å². The molecule has 2 atom stereocenters. The van der Waals surface area contributed by atoms with Crippen LogP contribution in [0.1, 0.15) is 68.2 Å². The van der Waals surface area contributed by atoms with Crippen LogP contribution in [-0.4, -0.2) is 116 Å². The van der Waals surface area contributed by atoms with Gasteiger partial charge in [-0.3, -0.25) is 29.5 Å². The van der Waals surface area contributed by atoms with Crippen molar-refractivity contribution in [2.24, 2.45) is 5.92 Å². The summed E-state index contributed by atoms with van der Waals surface area (Å²) in [4.78, 5) is 61.9. The quantitative estimate of drug-likeness (QED) is 0.118. The Labute approximate surface area is 367 Å². The third-order valence-corrected chi connectivity index (χ3v) is 14.3. The second-order valence-corrected chi connectivity index (χ2v) is 18.1. The molecular formula is C48H57N11O4. The van der Waals surface area contributed by atoms with Crippen LogP contribution in [0, 0.1) is 5.92 Å². The van der Waals surface area contributed by atoms with Crippen LogP contribution in [0.3, 0.4) is 0 Å². The van der Waals surface area contributed by atoms with Gasteiger partial charge in [-0.1, -0.05) is 31.2 Å². The Balaban J connectivity index is 0.699. The van der Waals surface area contributed by atoms with Crippen LogP contribution in [0.2, 0.25) is 0 Å². The number of allylic oxidation sites excluding steroid dienone is 1. The highest BCUT2D eigenvalue weighted by Crippen LogP contribution is 2.39. The lowest BCUT2D eigenvalue weighted by molar-refractivity contribution is -0.134. The van der Waals surface area contributed by atoms with Crippen molar-refractivity contribution >= 4 is 45.9 Å². The number of fused-ring (bicyclic) bond motifs is 2. The molecule has 63 heavy (non-hydrogen) atoms. The van der Waals surface area contributed by atoms with E-state index in [9.17, 15) is 19.5 Å². The molecule has 4 aliphatic heterocycles. The van der Waals surface area contributed by atoms with Crippen LogP contribution in [0.4, 0.5) is 23.0 Å². The summed E-state index contributed by atoms with van der Waals surface area (Å²) < 4.78 is 3.27. The summed E-state index contributed by atoms with van der Waals surface area (Å²) >= 11 is 0. The molecule has 2 aromatic carbocycles. The fourth-order valence-electron chi connectivity index (χ4n) is 10.4. The van der Waals surface area contributed by atoms with E-state index in [1.54, 1.807) is 21.6 Å². The standard InChI is InChI=1S/C48H57N11O4/c1-3-21-58-46(62)40-28-49-47(53-44(40)59(58)41-15-7-34-17-20-48(63,4-2)43(34)51-41)50-35-8-12-37(13-9-35)56-24-26-57(27-25-56)38-30-54(31-38)29-32-18-22-55(23-19-32)36-10-5-33(6-11-36)39-14-16-42(60)52-45(39)61/h3,5-13,15,28,32,38-39,63H,1,4,14,16-27,29-31H2,2H3,(H,49,50,53)(H,52,60,61)/t39?,48-/m1/s1. The SMILES string of the molecule is C=CCn1c(=O)c2cnc(Nc3ccc(N4CCN(C5CN(CC6CCN(c7ccc(C8CCC(=O)NC8=O)cc7)CC6)C5)CC4)cc3)nc2n1-c1ccc2c(n1)[C@@](O)(CC)CC2. The lowest BCUT2D eigenvalue weighted by atomic mass is 9.90. The highest BCUT2D eigenvalue weighted by molar-refractivity contribution is 6.01. The molecule has 0 spiro atoms. The molecule has 4 fully saturated rings. The number of aromatic nitrogens is 5. The number of nitrogens with zero attached hydrogens (tertiary/aromatic N) is 9. The topological polar surface area (TPSA) is 157 Å². The smallest absolute Gasteiger partial charge is 0.278 e. The van der Waals surface area contributed by atoms with Gasteiger partial charge >= 0.3 is 0 Å². The van der Waals surface area contributed by atoms with Gasteiger partial charge in [-0.2, -0.15) is 4.98 Å². The minimum atomic E-state index is -0.986. The highest BCUT2D eigenvalue weighted by atomic mass is 16.3. The molecule has 1 aliphatic carbocycles. The van der Waals surface area contributed by atoms with Crippen LogP contribution in [-0.2, 0) is 28.2 Å². The normalized spacial score (nSPS) is 22.6. The molecule has 0 radical (unpaired) electrons. The zero-order chi connectivity index (χ0) is 43.2. The Kier molecular flexibility index (Phi) is 11.1. The number of aryl methyl sites for hydroxylation is 1. The molecule has 10 rings (SSSR count). The molecule has 15 nitrogen and oxygen atoms in total. The number of imide groups is 1. The van der Waals surface area contributed by atoms with Crippen LogP contribution in [0.5, 0.6) is 0 Å². The van der Waals surface area contributed by atoms with Crippen molar-refractivity contribution in [2.45, 2.75) is 76.0 Å². The Bertz CT molecular complexity index is 2570. The average molecular weight is 852 g/mol. The van der Waals surface area contributed by atoms with Crippen molar-refractivity contribution in [3.05, 3.63) is 107 Å². The van der Waals surface area contributed by atoms with Gasteiger partial charge in [-0.15, -0.1) is 6.58 Å². The number of carbonyl (C=O) groups is 2. The minimum Gasteiger partial charge on any atom is -0.384 e. The average Bonchev–Trinajstić information content (AvgIpc) is 3.77. The first-order chi connectivity index (χ1) is 30.7. The maximum atomic E-state index is 13.5. The van der Waals surface area contributed by atoms with E-state index in [2.05, 4.69) is 78.2 Å². The Morgan fingerprint density at radius 2 is 1.59 bits per heavy atom. The number of likely N-dealkylation sites (tertiary alicyclic amines) is 1. The first-order valence-electron chi connectivity index (χ1n) is 22.8. The van der Waals surface area contributed by atoms with E-state index >= 15 is 0 Å². The number of carbonyl (C=O) groups excluding carboxylic acids is 2. The van der Waals surface area contributed by atoms with Crippen molar-refractivity contribution in [3.8, 4) is 5.82 Å². The number of hydrogen-bond donors (Lipinski definition) is 3. The Morgan fingerprint density at radius 1 is 0.873 bits per heavy atom. The number of aliphatic hydroxyl groups is 1. The van der Waals surface area contributed by atoms with Gasteiger partial charge in [-0.25, -0.2) is 19.3 Å². The van der Waals surface area contributed by atoms with Crippen molar-refractivity contribution in [1.29, 1.82) is 0 Å². The number of pyridine rings is 1. The Hall–Kier alpha value is -5.90. The van der Waals surface area contributed by atoms with Gasteiger partial charge < -0.3 is 20.2 Å². The second kappa shape index (κ2) is 17.0. The van der Waals surface area contributed by atoms with E-state index in [0.29, 0.717) is 60.2 Å². The fourth-order valence-corrected chi connectivity index (χ4v) is 10.4. The molecule has 0 saturated carbocycles. The zero-order valence-electron chi connectivity index (χ0n) is 36.1. The zero-order valence-corrected chi connectivity index (χ0v) is 36.1. The molecule has 15 heteroatoms. The molecule has 5 aliphatic rings. The highest BCUT2D eigenvalue weighted by Gasteiger charge is 2.38. The van der Waals surface area contributed by atoms with Crippen LogP contribution in [0.25, 0.3) is 16.9 Å². The summed E-state index contributed by atoms with van der Waals surface area (Å²) in [6.07, 6.45) is 8.56. The molecule has 0 bridgehead atoms. The lowest BCUT2D eigenvalue weighted by Gasteiger charge is -2.49. The van der Waals surface area contributed by atoms with E-state index in [1.807, 2.05) is 31.2 Å². The number of piperazine rings is 1. The number of rotatable bonds is 12. The summed E-state index contributed by atoms with van der Waals surface area (Å²) in [5.41, 5.74) is 5.15. The van der Waals surface area contributed by atoms with Crippen molar-refractivity contribution in [1.82, 2.24) is 39.4 Å². The van der Waals surface area contributed by atoms with Crippen molar-refractivity contribution < 1.29 is 14.7 Å². The molecule has 1 unspecified atom stereocenters. The van der Waals surface area contributed by atoms with Crippen molar-refractivity contribution in [3.63, 3.8) is 0 Å². The number of anilines is 4. The summed E-state index contributed by atoms with van der Waals surface area (Å²) in [5, 5.41) is 17.5. The van der Waals surface area contributed by atoms with Gasteiger partial charge in [0.1, 0.15) is 11.0 Å². The molecule has 2 amide bonds. The number of amides is 2. The molecule has 4 saturated heterocycles. The van der Waals surface area contributed by atoms with Crippen LogP contribution >= 0.6 is 0 Å². The fraction of sp³-hybridized carbons (Fsp3) is 0.458. The number of benzene rings is 2. The molecule has 7 heterocycles. The van der Waals surface area contributed by atoms with Gasteiger partial charge in [0.2, 0.25) is 17.8 Å². The first kappa shape index (κ1) is 41.1. The number of nitrogens with one attached hydrogen (secondary N) is 2. The van der Waals surface area contributed by atoms with E-state index in [1.165, 1.54) is 30.8 Å². The molecular weight excluding hydrogens is 795 g/mol. The van der Waals surface area contributed by atoms with Gasteiger partial charge in [0.25, 0.3) is 5.56 Å². The van der Waals surface area contributed by atoms with E-state index in [-0.39, 0.29) is 29.8 Å². The lowest BCUT2D eigenvalue weighted by Crippen LogP contribution is -2.63. The predicted molar refractivity (Wildman–Crippen MR) is 244 cm³/mol. The van der Waals surface area contributed by atoms with E-state index < -0.39 is 5.60 Å². The third kappa shape index (κ3) is 8.02. The number of piperidine rings is 2. The predicted octanol–water partition coefficient (Wildman–Crippen LogP) is 4.69. The largest absolute Gasteiger partial charge is 0.384 e. The molecule has 328 valence electrons. The van der Waals surface area contributed by atoms with Crippen LogP contribution in [0.15, 0.2) is 84.3 Å². The van der Waals surface area contributed by atoms with Gasteiger partial charge in [0, 0.05) is 94.6 Å². The van der Waals surface area contributed by atoms with E-state index in [4.69, 9.17) is 9.97 Å². The first-order valence-corrected chi connectivity index (χ1v) is 22.8. The maximum Gasteiger partial charge on any atom is 0.278 e. The summed E-state index contributed by atoms with van der Waals surface area (Å²) in [6.45, 7) is 15.8. The molecule has 3 aromatic heterocycles. The summed E-state index contributed by atoms with van der Waals surface area (Å²) in [7, 11) is 0. The monoisotopic (exact) mass is 851 g/mol. The third-order valence-electron chi connectivity index (χ3n) is 14.3. The Morgan fingerprint density at radius 3 is 2.29 bits per heavy atom. The number of hydrogen-bond acceptors (Lipinski definition) is 12.